The Labute approximate surface area is 399 Å². The first-order valence-corrected chi connectivity index (χ1v) is 21.9. The molecule has 0 spiro atoms. The lowest BCUT2D eigenvalue weighted by molar-refractivity contribution is -0.345. The molecule has 2 saturated heterocycles. The molecule has 1 N–H and O–H groups in total. The minimum atomic E-state index is -2.44. The summed E-state index contributed by atoms with van der Waals surface area (Å²) in [6.45, 7) is 2.98. The Kier molecular flexibility index (Phi) is 15.9. The summed E-state index contributed by atoms with van der Waals surface area (Å²) in [4.78, 5) is 69.7. The van der Waals surface area contributed by atoms with Gasteiger partial charge < -0.3 is 42.6 Å². The molecule has 0 saturated carbocycles. The van der Waals surface area contributed by atoms with E-state index in [1.807, 2.05) is 0 Å². The summed E-state index contributed by atoms with van der Waals surface area (Å²) < 4.78 is 53.1. The van der Waals surface area contributed by atoms with Gasteiger partial charge >= 0.3 is 29.8 Å². The minimum Gasteiger partial charge on any atom is -0.453 e. The molecule has 15 nitrogen and oxygen atoms in total. The third kappa shape index (κ3) is 12.2. The van der Waals surface area contributed by atoms with Gasteiger partial charge in [-0.3, -0.25) is 5.41 Å². The molecule has 0 amide bonds. The number of nitrogens with one attached hydrogen (secondary N) is 1. The standard InChI is InChI=1S/C49H42Cl3NO14/c1-28-35(61-41(54)30-18-8-3-9-19-30)37(63-43(56)32-22-12-5-13-23-32)39(64-44(57)33-24-14-6-15-25-33)46(59-28)66-38-36(62-42(55)31-20-10-4-11-21-31)29(2)60-47(67-48(53)49(50,51)52)40(38)65-45(58)34-26-16-7-17-27-34/h3-29,35-40,46-47,53H,1-2H3/t28-,29-,35-,36-,37+,38+,39+,40+,46-,47-/m1/s1. The van der Waals surface area contributed by atoms with E-state index >= 15 is 0 Å². The molecule has 18 heteroatoms. The van der Waals surface area contributed by atoms with Crippen molar-refractivity contribution in [2.24, 2.45) is 0 Å². The SMILES string of the molecule is C[C@H]1O[C@H](O[C@@H]2[C@H](OC(=O)c3ccccc3)[C@@H](OC(=N)C(Cl)(Cl)Cl)O[C@H](C)[C@H]2OC(=O)c2ccccc2)[C@@H](OC(=O)c2ccccc2)[C@@H](OC(=O)c2ccccc2)[C@@H]1OC(=O)c1ccccc1. The molecule has 67 heavy (non-hydrogen) atoms. The minimum absolute atomic E-state index is 0.0566. The van der Waals surface area contributed by atoms with Crippen LogP contribution in [0.2, 0.25) is 0 Å². The first-order chi connectivity index (χ1) is 32.2. The zero-order valence-electron chi connectivity index (χ0n) is 35.6. The zero-order chi connectivity index (χ0) is 47.7. The molecule has 0 radical (unpaired) electrons. The molecule has 5 aromatic rings. The number of benzene rings is 5. The number of hydrogen-bond acceptors (Lipinski definition) is 15. The summed E-state index contributed by atoms with van der Waals surface area (Å²) >= 11 is 18.1. The molecule has 0 aromatic heterocycles. The highest BCUT2D eigenvalue weighted by atomic mass is 35.6. The first kappa shape index (κ1) is 48.6. The lowest BCUT2D eigenvalue weighted by atomic mass is 9.96. The number of rotatable bonds is 13. The molecule has 2 aliphatic rings. The maximum absolute atomic E-state index is 14.1. The quantitative estimate of drug-likeness (QED) is 0.0389. The molecule has 0 unspecified atom stereocenters. The summed E-state index contributed by atoms with van der Waals surface area (Å²) in [6, 6.07) is 39.4. The average molecular weight is 975 g/mol. The smallest absolute Gasteiger partial charge is 0.338 e. The van der Waals surface area contributed by atoms with Crippen molar-refractivity contribution in [3.05, 3.63) is 179 Å². The van der Waals surface area contributed by atoms with Crippen LogP contribution in [0.15, 0.2) is 152 Å². The molecule has 5 aromatic carbocycles. The Balaban J connectivity index is 1.35. The van der Waals surface area contributed by atoms with E-state index in [-0.39, 0.29) is 27.8 Å². The van der Waals surface area contributed by atoms with Crippen LogP contribution in [-0.2, 0) is 42.6 Å². The lowest BCUT2D eigenvalue weighted by Gasteiger charge is -2.48. The zero-order valence-corrected chi connectivity index (χ0v) is 37.8. The molecule has 10 atom stereocenters. The second-order valence-corrected chi connectivity index (χ2v) is 17.4. The number of carbonyl (C=O) groups is 5. The summed E-state index contributed by atoms with van der Waals surface area (Å²) in [6.07, 6.45) is -16.1. The summed E-state index contributed by atoms with van der Waals surface area (Å²) in [5.41, 5.74) is 0.481. The van der Waals surface area contributed by atoms with Gasteiger partial charge in [0.05, 0.1) is 40.0 Å². The third-order valence-corrected chi connectivity index (χ3v) is 11.0. The lowest BCUT2D eigenvalue weighted by Crippen LogP contribution is -2.66. The van der Waals surface area contributed by atoms with Crippen LogP contribution in [-0.4, -0.2) is 101 Å². The fourth-order valence-electron chi connectivity index (χ4n) is 7.18. The van der Waals surface area contributed by atoms with Crippen LogP contribution in [0.5, 0.6) is 0 Å². The van der Waals surface area contributed by atoms with Crippen LogP contribution in [0.3, 0.4) is 0 Å². The fourth-order valence-corrected chi connectivity index (χ4v) is 7.32. The van der Waals surface area contributed by atoms with Gasteiger partial charge in [-0.25, -0.2) is 24.0 Å². The van der Waals surface area contributed by atoms with Crippen LogP contribution in [0.4, 0.5) is 0 Å². The van der Waals surface area contributed by atoms with Crippen LogP contribution in [0, 0.1) is 5.41 Å². The second kappa shape index (κ2) is 22.0. The predicted molar refractivity (Wildman–Crippen MR) is 241 cm³/mol. The monoisotopic (exact) mass is 973 g/mol. The van der Waals surface area contributed by atoms with Crippen molar-refractivity contribution >= 4 is 70.5 Å². The van der Waals surface area contributed by atoms with E-state index in [4.69, 9.17) is 82.8 Å². The van der Waals surface area contributed by atoms with Crippen LogP contribution in [0.25, 0.3) is 0 Å². The van der Waals surface area contributed by atoms with E-state index in [1.54, 1.807) is 91.0 Å². The Morgan fingerprint density at radius 3 is 1.00 bits per heavy atom. The fraction of sp³-hybridized carbons (Fsp3) is 0.265. The molecule has 0 bridgehead atoms. The molecule has 2 heterocycles. The van der Waals surface area contributed by atoms with Crippen molar-refractivity contribution < 1.29 is 66.6 Å². The van der Waals surface area contributed by atoms with Crippen molar-refractivity contribution in [3.8, 4) is 0 Å². The Bertz CT molecular complexity index is 2500. The highest BCUT2D eigenvalue weighted by Crippen LogP contribution is 2.38. The van der Waals surface area contributed by atoms with Crippen LogP contribution >= 0.6 is 34.8 Å². The maximum Gasteiger partial charge on any atom is 0.338 e. The van der Waals surface area contributed by atoms with Gasteiger partial charge in [0.15, 0.2) is 36.8 Å². The largest absolute Gasteiger partial charge is 0.453 e. The molecular weight excluding hydrogens is 933 g/mol. The number of hydrogen-bond donors (Lipinski definition) is 1. The van der Waals surface area contributed by atoms with Crippen molar-refractivity contribution in [1.82, 2.24) is 0 Å². The highest BCUT2D eigenvalue weighted by Gasteiger charge is 2.57. The number of alkyl halides is 3. The van der Waals surface area contributed by atoms with E-state index in [1.165, 1.54) is 74.5 Å². The van der Waals surface area contributed by atoms with Gasteiger partial charge in [0, 0.05) is 0 Å². The third-order valence-electron chi connectivity index (χ3n) is 10.5. The van der Waals surface area contributed by atoms with E-state index in [9.17, 15) is 24.0 Å². The molecule has 348 valence electrons. The van der Waals surface area contributed by atoms with Crippen molar-refractivity contribution in [1.29, 1.82) is 5.41 Å². The van der Waals surface area contributed by atoms with Crippen LogP contribution in [0.1, 0.15) is 65.6 Å². The van der Waals surface area contributed by atoms with Crippen molar-refractivity contribution in [2.45, 2.75) is 79.1 Å². The van der Waals surface area contributed by atoms with Crippen LogP contribution < -0.4 is 0 Å². The van der Waals surface area contributed by atoms with E-state index in [0.717, 1.165) is 0 Å². The van der Waals surface area contributed by atoms with Gasteiger partial charge in [-0.2, -0.15) is 0 Å². The Hall–Kier alpha value is -6.33. The summed E-state index contributed by atoms with van der Waals surface area (Å²) in [7, 11) is 0. The van der Waals surface area contributed by atoms with E-state index in [0.29, 0.717) is 0 Å². The maximum atomic E-state index is 14.1. The van der Waals surface area contributed by atoms with Crippen molar-refractivity contribution in [3.63, 3.8) is 0 Å². The Morgan fingerprint density at radius 2 is 0.672 bits per heavy atom. The average Bonchev–Trinajstić information content (AvgIpc) is 3.34. The molecule has 0 aliphatic carbocycles. The summed E-state index contributed by atoms with van der Waals surface area (Å²) in [5.74, 6) is -5.42. The van der Waals surface area contributed by atoms with Gasteiger partial charge in [0.25, 0.3) is 3.79 Å². The van der Waals surface area contributed by atoms with Gasteiger partial charge in [0.1, 0.15) is 6.10 Å². The Morgan fingerprint density at radius 1 is 0.403 bits per heavy atom. The number of esters is 5. The molecule has 2 fully saturated rings. The highest BCUT2D eigenvalue weighted by molar-refractivity contribution is 6.76. The summed E-state index contributed by atoms with van der Waals surface area (Å²) in [5, 5.41) is 8.46. The van der Waals surface area contributed by atoms with Gasteiger partial charge in [-0.1, -0.05) is 126 Å². The van der Waals surface area contributed by atoms with E-state index < -0.39 is 101 Å². The van der Waals surface area contributed by atoms with Crippen molar-refractivity contribution in [2.75, 3.05) is 0 Å². The normalized spacial score (nSPS) is 24.8. The van der Waals surface area contributed by atoms with Gasteiger partial charge in [-0.05, 0) is 74.5 Å². The van der Waals surface area contributed by atoms with E-state index in [2.05, 4.69) is 0 Å². The number of ether oxygens (including phenoxy) is 9. The first-order valence-electron chi connectivity index (χ1n) is 20.8. The molecule has 7 rings (SSSR count). The predicted octanol–water partition coefficient (Wildman–Crippen LogP) is 8.35. The molecule has 2 aliphatic heterocycles. The topological polar surface area (TPSA) is 192 Å². The number of carbonyl (C=O) groups excluding carboxylic acids is 5. The van der Waals surface area contributed by atoms with Gasteiger partial charge in [-0.15, -0.1) is 0 Å². The second-order valence-electron chi connectivity index (χ2n) is 15.1. The van der Waals surface area contributed by atoms with Gasteiger partial charge in [0.2, 0.25) is 12.2 Å². The number of halogens is 3. The molecular formula is C49H42Cl3NO14.